The van der Waals surface area contributed by atoms with E-state index in [1.54, 1.807) is 0 Å². The van der Waals surface area contributed by atoms with E-state index in [4.69, 9.17) is 21.1 Å². The number of methoxy groups -OCH3 is 2. The fraction of sp³-hybridized carbons (Fsp3) is 0.278. The summed E-state index contributed by atoms with van der Waals surface area (Å²) in [5, 5.41) is 0.240. The number of sulfonamides is 1. The molecule has 1 N–H and O–H groups in total. The zero-order chi connectivity index (χ0) is 19.9. The largest absolute Gasteiger partial charge is 0.495 e. The van der Waals surface area contributed by atoms with Crippen molar-refractivity contribution in [3.8, 4) is 5.75 Å². The number of hydrogen-bond acceptors (Lipinski definition) is 6. The van der Waals surface area contributed by atoms with E-state index in [-0.39, 0.29) is 21.4 Å². The van der Waals surface area contributed by atoms with Crippen LogP contribution in [-0.2, 0) is 25.3 Å². The molecule has 0 amide bonds. The molecule has 0 aromatic heterocycles. The fourth-order valence-electron chi connectivity index (χ4n) is 2.27. The summed E-state index contributed by atoms with van der Waals surface area (Å²) in [6, 6.07) is 12.9. The molecule has 0 bridgehead atoms. The molecule has 1 atom stereocenters. The Balaban J connectivity index is 2.15. The van der Waals surface area contributed by atoms with Gasteiger partial charge in [0, 0.05) is 16.5 Å². The molecule has 0 aliphatic rings. The first-order chi connectivity index (χ1) is 12.9. The minimum Gasteiger partial charge on any atom is -0.495 e. The molecule has 0 saturated heterocycles. The minimum atomic E-state index is -4.05. The summed E-state index contributed by atoms with van der Waals surface area (Å²) in [7, 11) is -1.48. The lowest BCUT2D eigenvalue weighted by atomic mass is 10.2. The van der Waals surface area contributed by atoms with Crippen LogP contribution in [0.25, 0.3) is 0 Å². The Morgan fingerprint density at radius 2 is 1.89 bits per heavy atom. The lowest BCUT2D eigenvalue weighted by Gasteiger charge is -2.17. The van der Waals surface area contributed by atoms with Crippen LogP contribution >= 0.6 is 23.4 Å². The second-order valence-corrected chi connectivity index (χ2v) is 8.64. The number of hydrogen-bond donors (Lipinski definition) is 1. The number of nitrogens with one attached hydrogen (secondary N) is 1. The molecule has 2 aromatic rings. The average molecular weight is 430 g/mol. The Kier molecular flexibility index (Phi) is 7.97. The van der Waals surface area contributed by atoms with E-state index >= 15 is 0 Å². The average Bonchev–Trinajstić information content (AvgIpc) is 2.67. The molecular formula is C18H20ClNO5S2. The van der Waals surface area contributed by atoms with E-state index in [0.29, 0.717) is 5.75 Å². The summed E-state index contributed by atoms with van der Waals surface area (Å²) < 4.78 is 37.7. The summed E-state index contributed by atoms with van der Waals surface area (Å²) >= 11 is 7.34. The summed E-state index contributed by atoms with van der Waals surface area (Å²) in [4.78, 5) is 11.9. The highest BCUT2D eigenvalue weighted by Crippen LogP contribution is 2.27. The normalized spacial score (nSPS) is 12.4. The maximum absolute atomic E-state index is 12.8. The molecule has 1 unspecified atom stereocenters. The summed E-state index contributed by atoms with van der Waals surface area (Å²) in [6.45, 7) is 0. The van der Waals surface area contributed by atoms with E-state index in [2.05, 4.69) is 4.72 Å². The zero-order valence-electron chi connectivity index (χ0n) is 14.8. The Morgan fingerprint density at radius 1 is 1.19 bits per heavy atom. The van der Waals surface area contributed by atoms with Gasteiger partial charge < -0.3 is 9.47 Å². The van der Waals surface area contributed by atoms with Crippen LogP contribution < -0.4 is 9.46 Å². The number of esters is 1. The first-order valence-corrected chi connectivity index (χ1v) is 10.9. The van der Waals surface area contributed by atoms with Gasteiger partial charge in [-0.05, 0) is 23.8 Å². The second-order valence-electron chi connectivity index (χ2n) is 5.49. The molecule has 0 radical (unpaired) electrons. The predicted molar refractivity (Wildman–Crippen MR) is 107 cm³/mol. The molecule has 0 fully saturated rings. The Morgan fingerprint density at radius 3 is 2.52 bits per heavy atom. The van der Waals surface area contributed by atoms with Crippen LogP contribution in [0.4, 0.5) is 0 Å². The molecule has 146 valence electrons. The monoisotopic (exact) mass is 429 g/mol. The van der Waals surface area contributed by atoms with Gasteiger partial charge in [0.25, 0.3) is 0 Å². The molecule has 9 heteroatoms. The van der Waals surface area contributed by atoms with Crippen molar-refractivity contribution in [2.75, 3.05) is 20.0 Å². The van der Waals surface area contributed by atoms with Gasteiger partial charge in [-0.25, -0.2) is 8.42 Å². The molecule has 0 aliphatic heterocycles. The SMILES string of the molecule is COC(=O)C(CSCc1ccccc1)NS(=O)(=O)c1cc(Cl)ccc1OC. The number of ether oxygens (including phenoxy) is 2. The molecule has 2 aromatic carbocycles. The quantitative estimate of drug-likeness (QED) is 0.617. The molecule has 0 aliphatic carbocycles. The van der Waals surface area contributed by atoms with Crippen LogP contribution in [0.15, 0.2) is 53.4 Å². The summed E-state index contributed by atoms with van der Waals surface area (Å²) in [5.74, 6) is 0.313. The van der Waals surface area contributed by atoms with Gasteiger partial charge in [0.15, 0.2) is 0 Å². The minimum absolute atomic E-state index is 0.132. The van der Waals surface area contributed by atoms with Gasteiger partial charge >= 0.3 is 5.97 Å². The summed E-state index contributed by atoms with van der Waals surface area (Å²) in [5.41, 5.74) is 1.07. The van der Waals surface area contributed by atoms with Gasteiger partial charge in [0.05, 0.1) is 14.2 Å². The van der Waals surface area contributed by atoms with Gasteiger partial charge in [-0.3, -0.25) is 4.79 Å². The van der Waals surface area contributed by atoms with Crippen LogP contribution in [0, 0.1) is 0 Å². The van der Waals surface area contributed by atoms with Crippen LogP contribution in [0.1, 0.15) is 5.56 Å². The Bertz CT molecular complexity index is 875. The van der Waals surface area contributed by atoms with Crippen LogP contribution in [-0.4, -0.2) is 40.4 Å². The number of benzene rings is 2. The van der Waals surface area contributed by atoms with Crippen LogP contribution in [0.3, 0.4) is 0 Å². The lowest BCUT2D eigenvalue weighted by Crippen LogP contribution is -2.43. The summed E-state index contributed by atoms with van der Waals surface area (Å²) in [6.07, 6.45) is 0. The molecule has 0 heterocycles. The van der Waals surface area contributed by atoms with E-state index in [0.717, 1.165) is 5.56 Å². The van der Waals surface area contributed by atoms with Crippen molar-refractivity contribution in [1.82, 2.24) is 4.72 Å². The van der Waals surface area contributed by atoms with Gasteiger partial charge in [0.1, 0.15) is 16.7 Å². The standard InChI is InChI=1S/C18H20ClNO5S2/c1-24-16-9-8-14(19)10-17(16)27(22,23)20-15(18(21)25-2)12-26-11-13-6-4-3-5-7-13/h3-10,15,20H,11-12H2,1-2H3. The Hall–Kier alpha value is -1.74. The highest BCUT2D eigenvalue weighted by atomic mass is 35.5. The zero-order valence-corrected chi connectivity index (χ0v) is 17.2. The van der Waals surface area contributed by atoms with Crippen LogP contribution in [0.5, 0.6) is 5.75 Å². The molecule has 0 spiro atoms. The van der Waals surface area contributed by atoms with Gasteiger partial charge in [-0.15, -0.1) is 0 Å². The van der Waals surface area contributed by atoms with Gasteiger partial charge in [-0.2, -0.15) is 16.5 Å². The molecule has 0 saturated carbocycles. The van der Waals surface area contributed by atoms with E-state index in [1.807, 2.05) is 30.3 Å². The number of thioether (sulfide) groups is 1. The number of carbonyl (C=O) groups is 1. The van der Waals surface area contributed by atoms with Gasteiger partial charge in [0.2, 0.25) is 10.0 Å². The van der Waals surface area contributed by atoms with Crippen molar-refractivity contribution in [1.29, 1.82) is 0 Å². The van der Waals surface area contributed by atoms with Crippen molar-refractivity contribution in [2.24, 2.45) is 0 Å². The molecule has 2 rings (SSSR count). The number of halogens is 1. The third-order valence-corrected chi connectivity index (χ3v) is 6.43. The van der Waals surface area contributed by atoms with Gasteiger partial charge in [-0.1, -0.05) is 41.9 Å². The third kappa shape index (κ3) is 6.14. The smallest absolute Gasteiger partial charge is 0.324 e. The van der Waals surface area contributed by atoms with Crippen molar-refractivity contribution in [2.45, 2.75) is 16.7 Å². The van der Waals surface area contributed by atoms with Crippen molar-refractivity contribution >= 4 is 39.4 Å². The van der Waals surface area contributed by atoms with E-state index in [9.17, 15) is 13.2 Å². The molecular weight excluding hydrogens is 410 g/mol. The fourth-order valence-corrected chi connectivity index (χ4v) is 5.00. The molecule has 27 heavy (non-hydrogen) atoms. The van der Waals surface area contributed by atoms with E-state index in [1.165, 1.54) is 44.2 Å². The highest BCUT2D eigenvalue weighted by Gasteiger charge is 2.28. The first kappa shape index (κ1) is 21.6. The van der Waals surface area contributed by atoms with E-state index < -0.39 is 22.0 Å². The topological polar surface area (TPSA) is 81.7 Å². The predicted octanol–water partition coefficient (Wildman–Crippen LogP) is 3.10. The number of rotatable bonds is 9. The van der Waals surface area contributed by atoms with Crippen molar-refractivity contribution in [3.05, 3.63) is 59.1 Å². The lowest BCUT2D eigenvalue weighted by molar-refractivity contribution is -0.141. The molecule has 6 nitrogen and oxygen atoms in total. The Labute approximate surface area is 168 Å². The van der Waals surface area contributed by atoms with Crippen molar-refractivity contribution < 1.29 is 22.7 Å². The van der Waals surface area contributed by atoms with Crippen LogP contribution in [0.2, 0.25) is 5.02 Å². The maximum Gasteiger partial charge on any atom is 0.324 e. The third-order valence-electron chi connectivity index (χ3n) is 3.59. The second kappa shape index (κ2) is 9.98. The maximum atomic E-state index is 12.8. The first-order valence-electron chi connectivity index (χ1n) is 7.92. The highest BCUT2D eigenvalue weighted by molar-refractivity contribution is 7.98. The number of carbonyl (C=O) groups excluding carboxylic acids is 1. The van der Waals surface area contributed by atoms with Crippen molar-refractivity contribution in [3.63, 3.8) is 0 Å².